The van der Waals surface area contributed by atoms with Crippen molar-refractivity contribution in [3.8, 4) is 0 Å². The van der Waals surface area contributed by atoms with Gasteiger partial charge in [-0.05, 0) is 45.0 Å². The molecule has 2 heterocycles. The first-order chi connectivity index (χ1) is 6.90. The molecule has 2 unspecified atom stereocenters. The second-order valence-corrected chi connectivity index (χ2v) is 4.00. The van der Waals surface area contributed by atoms with Gasteiger partial charge in [0.1, 0.15) is 0 Å². The summed E-state index contributed by atoms with van der Waals surface area (Å²) in [5.41, 5.74) is 1.29. The van der Waals surface area contributed by atoms with Crippen molar-refractivity contribution in [2.45, 2.75) is 31.3 Å². The van der Waals surface area contributed by atoms with Gasteiger partial charge in [0.05, 0.1) is 0 Å². The second kappa shape index (κ2) is 4.62. The van der Waals surface area contributed by atoms with Gasteiger partial charge in [0.15, 0.2) is 0 Å². The Labute approximate surface area is 85.3 Å². The third-order valence-electron chi connectivity index (χ3n) is 3.03. The highest BCUT2D eigenvalue weighted by atomic mass is 15.0. The van der Waals surface area contributed by atoms with Gasteiger partial charge in [-0.3, -0.25) is 0 Å². The van der Waals surface area contributed by atoms with Crippen molar-refractivity contribution < 1.29 is 0 Å². The van der Waals surface area contributed by atoms with Gasteiger partial charge >= 0.3 is 0 Å². The van der Waals surface area contributed by atoms with Crippen molar-refractivity contribution in [3.63, 3.8) is 0 Å². The zero-order valence-electron chi connectivity index (χ0n) is 8.72. The maximum Gasteiger partial charge on any atom is 0.0485 e. The molecule has 1 fully saturated rings. The van der Waals surface area contributed by atoms with E-state index in [0.717, 1.165) is 0 Å². The van der Waals surface area contributed by atoms with Crippen LogP contribution in [0.3, 0.4) is 0 Å². The van der Waals surface area contributed by atoms with E-state index in [1.54, 1.807) is 0 Å². The van der Waals surface area contributed by atoms with E-state index >= 15 is 0 Å². The lowest BCUT2D eigenvalue weighted by Crippen LogP contribution is -2.28. The fourth-order valence-electron chi connectivity index (χ4n) is 2.20. The Morgan fingerprint density at radius 2 is 2.57 bits per heavy atom. The molecule has 0 amide bonds. The van der Waals surface area contributed by atoms with Crippen molar-refractivity contribution in [3.05, 3.63) is 24.0 Å². The average Bonchev–Trinajstić information content (AvgIpc) is 2.86. The SMILES string of the molecule is CNC(CC1CCCN1)c1ccc[nH]1. The van der Waals surface area contributed by atoms with Gasteiger partial charge in [-0.1, -0.05) is 0 Å². The zero-order chi connectivity index (χ0) is 9.80. The highest BCUT2D eigenvalue weighted by Gasteiger charge is 2.19. The van der Waals surface area contributed by atoms with Crippen molar-refractivity contribution in [1.29, 1.82) is 0 Å². The van der Waals surface area contributed by atoms with E-state index in [1.807, 2.05) is 13.2 Å². The Kier molecular flexibility index (Phi) is 3.22. The van der Waals surface area contributed by atoms with E-state index in [4.69, 9.17) is 0 Å². The molecule has 78 valence electrons. The molecule has 14 heavy (non-hydrogen) atoms. The molecule has 0 saturated carbocycles. The maximum atomic E-state index is 3.53. The van der Waals surface area contributed by atoms with Crippen LogP contribution in [0.25, 0.3) is 0 Å². The van der Waals surface area contributed by atoms with Gasteiger partial charge in [0, 0.05) is 24.0 Å². The predicted octanol–water partition coefficient (Wildman–Crippen LogP) is 1.42. The Morgan fingerprint density at radius 1 is 1.64 bits per heavy atom. The summed E-state index contributed by atoms with van der Waals surface area (Å²) < 4.78 is 0. The molecule has 3 heteroatoms. The summed E-state index contributed by atoms with van der Waals surface area (Å²) in [5, 5.41) is 6.89. The summed E-state index contributed by atoms with van der Waals surface area (Å²) in [6.45, 7) is 1.19. The van der Waals surface area contributed by atoms with Crippen molar-refractivity contribution in [2.75, 3.05) is 13.6 Å². The predicted molar refractivity (Wildman–Crippen MR) is 58.2 cm³/mol. The van der Waals surface area contributed by atoms with Crippen molar-refractivity contribution in [1.82, 2.24) is 15.6 Å². The van der Waals surface area contributed by atoms with Crippen LogP contribution in [-0.2, 0) is 0 Å². The maximum absolute atomic E-state index is 3.53. The summed E-state index contributed by atoms with van der Waals surface area (Å²) >= 11 is 0. The van der Waals surface area contributed by atoms with Crippen LogP contribution in [0.15, 0.2) is 18.3 Å². The number of hydrogen-bond donors (Lipinski definition) is 3. The van der Waals surface area contributed by atoms with Gasteiger partial charge in [-0.2, -0.15) is 0 Å². The third kappa shape index (κ3) is 2.16. The fourth-order valence-corrected chi connectivity index (χ4v) is 2.20. The van der Waals surface area contributed by atoms with Crippen LogP contribution in [0.5, 0.6) is 0 Å². The Bertz CT molecular complexity index is 250. The highest BCUT2D eigenvalue weighted by Crippen LogP contribution is 2.20. The Hall–Kier alpha value is -0.800. The monoisotopic (exact) mass is 193 g/mol. The standard InChI is InChI=1S/C11H19N3/c1-12-11(10-5-3-7-14-10)8-9-4-2-6-13-9/h3,5,7,9,11-14H,2,4,6,8H2,1H3. The lowest BCUT2D eigenvalue weighted by molar-refractivity contribution is 0.447. The molecule has 0 bridgehead atoms. The Morgan fingerprint density at radius 3 is 3.14 bits per heavy atom. The van der Waals surface area contributed by atoms with Crippen LogP contribution in [-0.4, -0.2) is 24.6 Å². The Balaban J connectivity index is 1.93. The van der Waals surface area contributed by atoms with Gasteiger partial charge in [0.25, 0.3) is 0 Å². The summed E-state index contributed by atoms with van der Waals surface area (Å²) in [5.74, 6) is 0. The van der Waals surface area contributed by atoms with E-state index in [1.165, 1.54) is 31.5 Å². The first-order valence-electron chi connectivity index (χ1n) is 5.44. The first kappa shape index (κ1) is 9.74. The number of H-pyrrole nitrogens is 1. The lowest BCUT2D eigenvalue weighted by Gasteiger charge is -2.19. The molecule has 3 nitrogen and oxygen atoms in total. The largest absolute Gasteiger partial charge is 0.364 e. The third-order valence-corrected chi connectivity index (χ3v) is 3.03. The van der Waals surface area contributed by atoms with Crippen molar-refractivity contribution in [2.24, 2.45) is 0 Å². The van der Waals surface area contributed by atoms with E-state index in [2.05, 4.69) is 27.8 Å². The molecule has 1 aliphatic rings. The van der Waals surface area contributed by atoms with Crippen LogP contribution >= 0.6 is 0 Å². The minimum Gasteiger partial charge on any atom is -0.364 e. The molecule has 2 rings (SSSR count). The minimum atomic E-state index is 0.459. The van der Waals surface area contributed by atoms with Crippen LogP contribution < -0.4 is 10.6 Å². The summed E-state index contributed by atoms with van der Waals surface area (Å²) in [7, 11) is 2.03. The molecular formula is C11H19N3. The molecule has 1 aromatic heterocycles. The van der Waals surface area contributed by atoms with E-state index < -0.39 is 0 Å². The van der Waals surface area contributed by atoms with E-state index in [-0.39, 0.29) is 0 Å². The first-order valence-corrected chi connectivity index (χ1v) is 5.44. The van der Waals surface area contributed by atoms with Gasteiger partial charge in [-0.15, -0.1) is 0 Å². The molecule has 0 spiro atoms. The number of aromatic nitrogens is 1. The normalized spacial score (nSPS) is 23.9. The topological polar surface area (TPSA) is 39.8 Å². The number of nitrogens with one attached hydrogen (secondary N) is 3. The van der Waals surface area contributed by atoms with E-state index in [9.17, 15) is 0 Å². The summed E-state index contributed by atoms with van der Waals surface area (Å²) in [6, 6.07) is 5.36. The smallest absolute Gasteiger partial charge is 0.0485 e. The summed E-state index contributed by atoms with van der Waals surface area (Å²) in [4.78, 5) is 3.27. The highest BCUT2D eigenvalue weighted by molar-refractivity contribution is 5.09. The molecule has 0 radical (unpaired) electrons. The molecule has 1 saturated heterocycles. The molecule has 2 atom stereocenters. The average molecular weight is 193 g/mol. The van der Waals surface area contributed by atoms with Crippen LogP contribution in [0, 0.1) is 0 Å². The van der Waals surface area contributed by atoms with Gasteiger partial charge in [0.2, 0.25) is 0 Å². The summed E-state index contributed by atoms with van der Waals surface area (Å²) in [6.07, 6.45) is 5.81. The second-order valence-electron chi connectivity index (χ2n) is 4.00. The number of rotatable bonds is 4. The van der Waals surface area contributed by atoms with Crippen LogP contribution in [0.1, 0.15) is 31.0 Å². The quantitative estimate of drug-likeness (QED) is 0.676. The number of hydrogen-bond acceptors (Lipinski definition) is 2. The molecule has 1 aliphatic heterocycles. The van der Waals surface area contributed by atoms with E-state index in [0.29, 0.717) is 12.1 Å². The molecule has 0 aliphatic carbocycles. The van der Waals surface area contributed by atoms with Gasteiger partial charge in [-0.25, -0.2) is 0 Å². The number of aromatic amines is 1. The van der Waals surface area contributed by atoms with Crippen LogP contribution in [0.4, 0.5) is 0 Å². The molecule has 3 N–H and O–H groups in total. The molecule has 0 aromatic carbocycles. The molecule has 1 aromatic rings. The van der Waals surface area contributed by atoms with Crippen molar-refractivity contribution >= 4 is 0 Å². The van der Waals surface area contributed by atoms with Crippen LogP contribution in [0.2, 0.25) is 0 Å². The lowest BCUT2D eigenvalue weighted by atomic mass is 10.0. The zero-order valence-corrected chi connectivity index (χ0v) is 8.72. The van der Waals surface area contributed by atoms with Gasteiger partial charge < -0.3 is 15.6 Å². The molecular weight excluding hydrogens is 174 g/mol. The fraction of sp³-hybridized carbons (Fsp3) is 0.636. The minimum absolute atomic E-state index is 0.459.